The lowest BCUT2D eigenvalue weighted by Gasteiger charge is -2.21. The van der Waals surface area contributed by atoms with E-state index in [1.54, 1.807) is 23.9 Å². The molecule has 7 nitrogen and oxygen atoms in total. The molecule has 9 heteroatoms. The van der Waals surface area contributed by atoms with Crippen molar-refractivity contribution in [2.75, 3.05) is 30.5 Å². The summed E-state index contributed by atoms with van der Waals surface area (Å²) in [5.41, 5.74) is 0.612. The molecule has 1 atom stereocenters. The highest BCUT2D eigenvalue weighted by Gasteiger charge is 2.27. The zero-order valence-corrected chi connectivity index (χ0v) is 19.2. The van der Waals surface area contributed by atoms with Crippen molar-refractivity contribution in [3.63, 3.8) is 0 Å². The van der Waals surface area contributed by atoms with Gasteiger partial charge in [-0.15, -0.1) is 0 Å². The minimum absolute atomic E-state index is 0.0226. The fraction of sp³-hybridized carbons (Fsp3) is 0.261. The molecular weight excluding hydrogens is 448 g/mol. The van der Waals surface area contributed by atoms with Gasteiger partial charge in [0.25, 0.3) is 0 Å². The summed E-state index contributed by atoms with van der Waals surface area (Å²) in [6.07, 6.45) is 2.26. The van der Waals surface area contributed by atoms with Crippen molar-refractivity contribution in [2.45, 2.75) is 17.4 Å². The van der Waals surface area contributed by atoms with Crippen LogP contribution in [0.4, 0.5) is 5.69 Å². The van der Waals surface area contributed by atoms with Gasteiger partial charge in [-0.25, -0.2) is 8.42 Å². The van der Waals surface area contributed by atoms with E-state index >= 15 is 0 Å². The quantitative estimate of drug-likeness (QED) is 0.520. The smallest absolute Gasteiger partial charge is 0.242 e. The number of amides is 1. The molecule has 3 aromatic carbocycles. The summed E-state index contributed by atoms with van der Waals surface area (Å²) in [5, 5.41) is 4.89. The molecule has 1 aliphatic rings. The molecule has 0 fully saturated rings. The molecule has 0 radical (unpaired) electrons. The Bertz CT molecular complexity index is 1230. The van der Waals surface area contributed by atoms with Crippen LogP contribution < -0.4 is 19.5 Å². The van der Waals surface area contributed by atoms with Crippen LogP contribution in [0.5, 0.6) is 11.5 Å². The number of rotatable bonds is 8. The highest BCUT2D eigenvalue weighted by Crippen LogP contribution is 2.32. The van der Waals surface area contributed by atoms with E-state index in [-0.39, 0.29) is 4.90 Å². The minimum atomic E-state index is -3.95. The van der Waals surface area contributed by atoms with Crippen LogP contribution in [0.25, 0.3) is 10.8 Å². The van der Waals surface area contributed by atoms with Crippen molar-refractivity contribution >= 4 is 44.2 Å². The molecule has 0 spiro atoms. The number of anilines is 1. The van der Waals surface area contributed by atoms with Crippen LogP contribution >= 0.6 is 11.8 Å². The number of carbonyl (C=O) groups excluding carboxylic acids is 1. The number of nitrogens with one attached hydrogen (secondary N) is 2. The molecule has 1 amide bonds. The van der Waals surface area contributed by atoms with Crippen LogP contribution in [0.2, 0.25) is 0 Å². The van der Waals surface area contributed by atoms with Gasteiger partial charge in [0, 0.05) is 11.8 Å². The van der Waals surface area contributed by atoms with Gasteiger partial charge in [0.2, 0.25) is 15.9 Å². The maximum Gasteiger partial charge on any atom is 0.242 e. The molecule has 1 unspecified atom stereocenters. The maximum atomic E-state index is 13.0. The van der Waals surface area contributed by atoms with Crippen LogP contribution in [0, 0.1) is 0 Å². The fourth-order valence-electron chi connectivity index (χ4n) is 3.42. The summed E-state index contributed by atoms with van der Waals surface area (Å²) in [7, 11) is -3.95. The van der Waals surface area contributed by atoms with E-state index in [1.165, 1.54) is 12.1 Å². The molecule has 0 saturated heterocycles. The lowest BCUT2D eigenvalue weighted by atomic mass is 10.1. The van der Waals surface area contributed by atoms with Crippen LogP contribution in [0.1, 0.15) is 6.42 Å². The lowest BCUT2D eigenvalue weighted by molar-refractivity contribution is -0.117. The summed E-state index contributed by atoms with van der Waals surface area (Å²) in [6.45, 7) is 0.775. The van der Waals surface area contributed by atoms with Gasteiger partial charge in [-0.3, -0.25) is 4.79 Å². The third-order valence-corrected chi connectivity index (χ3v) is 7.18. The maximum absolute atomic E-state index is 13.0. The van der Waals surface area contributed by atoms with Gasteiger partial charge in [-0.1, -0.05) is 30.3 Å². The van der Waals surface area contributed by atoms with Crippen molar-refractivity contribution in [3.8, 4) is 11.5 Å². The Morgan fingerprint density at radius 2 is 1.75 bits per heavy atom. The van der Waals surface area contributed by atoms with E-state index in [0.29, 0.717) is 42.6 Å². The predicted octanol–water partition coefficient (Wildman–Crippen LogP) is 3.65. The van der Waals surface area contributed by atoms with E-state index in [9.17, 15) is 13.2 Å². The van der Waals surface area contributed by atoms with E-state index in [2.05, 4.69) is 10.0 Å². The van der Waals surface area contributed by atoms with Gasteiger partial charge < -0.3 is 14.8 Å². The number of thioether (sulfide) groups is 1. The average molecular weight is 473 g/mol. The molecular formula is C23H24N2O5S2. The number of benzene rings is 3. The lowest BCUT2D eigenvalue weighted by Crippen LogP contribution is -2.44. The van der Waals surface area contributed by atoms with Gasteiger partial charge in [0.1, 0.15) is 19.3 Å². The summed E-state index contributed by atoms with van der Waals surface area (Å²) >= 11 is 1.54. The second-order valence-corrected chi connectivity index (χ2v) is 10.0. The summed E-state index contributed by atoms with van der Waals surface area (Å²) in [6, 6.07) is 16.9. The number of sulfonamides is 1. The predicted molar refractivity (Wildman–Crippen MR) is 127 cm³/mol. The Kier molecular flexibility index (Phi) is 6.88. The Morgan fingerprint density at radius 1 is 1.00 bits per heavy atom. The Balaban J connectivity index is 1.53. The fourth-order valence-corrected chi connectivity index (χ4v) is 5.14. The summed E-state index contributed by atoms with van der Waals surface area (Å²) in [4.78, 5) is 13.0. The largest absolute Gasteiger partial charge is 0.486 e. The zero-order chi connectivity index (χ0) is 22.6. The van der Waals surface area contributed by atoms with E-state index in [4.69, 9.17) is 9.47 Å². The molecule has 4 rings (SSSR count). The molecule has 0 saturated carbocycles. The van der Waals surface area contributed by atoms with Crippen molar-refractivity contribution in [3.05, 3.63) is 60.7 Å². The third-order valence-electron chi connectivity index (χ3n) is 5.07. The average Bonchev–Trinajstić information content (AvgIpc) is 2.81. The monoisotopic (exact) mass is 472 g/mol. The van der Waals surface area contributed by atoms with Gasteiger partial charge in [0.05, 0.1) is 4.90 Å². The molecule has 1 heterocycles. The molecule has 0 aromatic heterocycles. The summed E-state index contributed by atoms with van der Waals surface area (Å²) < 4.78 is 39.6. The highest BCUT2D eigenvalue weighted by molar-refractivity contribution is 7.98. The molecule has 3 aromatic rings. The molecule has 32 heavy (non-hydrogen) atoms. The Labute approximate surface area is 191 Å². The van der Waals surface area contributed by atoms with Crippen molar-refractivity contribution in [1.82, 2.24) is 4.72 Å². The number of fused-ring (bicyclic) bond motifs is 2. The Hall–Kier alpha value is -2.75. The first-order chi connectivity index (χ1) is 15.5. The van der Waals surface area contributed by atoms with Crippen molar-refractivity contribution in [2.24, 2.45) is 0 Å². The SMILES string of the molecule is CSCCC(NS(=O)(=O)c1ccc2c(c1)OCCO2)C(=O)Nc1ccc2ccccc2c1. The van der Waals surface area contributed by atoms with Gasteiger partial charge >= 0.3 is 0 Å². The topological polar surface area (TPSA) is 93.7 Å². The second-order valence-electron chi connectivity index (χ2n) is 7.31. The van der Waals surface area contributed by atoms with Gasteiger partial charge in [-0.2, -0.15) is 16.5 Å². The number of hydrogen-bond acceptors (Lipinski definition) is 6. The summed E-state index contributed by atoms with van der Waals surface area (Å²) in [5.74, 6) is 1.10. The molecule has 1 aliphatic heterocycles. The van der Waals surface area contributed by atoms with Crippen LogP contribution in [-0.2, 0) is 14.8 Å². The first-order valence-electron chi connectivity index (χ1n) is 10.2. The zero-order valence-electron chi connectivity index (χ0n) is 17.5. The Morgan fingerprint density at radius 3 is 2.53 bits per heavy atom. The first-order valence-corrected chi connectivity index (χ1v) is 13.0. The number of carbonyl (C=O) groups is 1. The highest BCUT2D eigenvalue weighted by atomic mass is 32.2. The third kappa shape index (κ3) is 5.17. The van der Waals surface area contributed by atoms with Gasteiger partial charge in [-0.05, 0) is 53.5 Å². The van der Waals surface area contributed by atoms with E-state index < -0.39 is 22.0 Å². The van der Waals surface area contributed by atoms with Crippen molar-refractivity contribution < 1.29 is 22.7 Å². The van der Waals surface area contributed by atoms with E-state index in [0.717, 1.165) is 10.8 Å². The first kappa shape index (κ1) is 22.4. The van der Waals surface area contributed by atoms with E-state index in [1.807, 2.05) is 42.7 Å². The number of ether oxygens (including phenoxy) is 2. The van der Waals surface area contributed by atoms with Gasteiger partial charge in [0.15, 0.2) is 11.5 Å². The molecule has 168 valence electrons. The second kappa shape index (κ2) is 9.81. The van der Waals surface area contributed by atoms with Crippen LogP contribution in [0.15, 0.2) is 65.6 Å². The normalized spacial score (nSPS) is 14.2. The number of hydrogen-bond donors (Lipinski definition) is 2. The molecule has 0 bridgehead atoms. The molecule has 0 aliphatic carbocycles. The standard InChI is InChI=1S/C23H24N2O5S2/c1-31-13-10-20(23(26)24-18-7-6-16-4-2-3-5-17(16)14-18)25-32(27,28)19-8-9-21-22(15-19)30-12-11-29-21/h2-9,14-15,20,25H,10-13H2,1H3,(H,24,26). The van der Waals surface area contributed by atoms with Crippen LogP contribution in [0.3, 0.4) is 0 Å². The molecule has 2 N–H and O–H groups in total. The van der Waals surface area contributed by atoms with Crippen molar-refractivity contribution in [1.29, 1.82) is 0 Å². The minimum Gasteiger partial charge on any atom is -0.486 e. The van der Waals surface area contributed by atoms with Crippen LogP contribution in [-0.4, -0.2) is 45.6 Å².